The molecule has 0 fully saturated rings. The summed E-state index contributed by atoms with van der Waals surface area (Å²) >= 11 is 5.93. The maximum Gasteiger partial charge on any atom is 0.145 e. The lowest BCUT2D eigenvalue weighted by atomic mass is 9.99. The molecule has 0 bridgehead atoms. The average Bonchev–Trinajstić information content (AvgIpc) is 2.23. The molecule has 0 aliphatic carbocycles. The van der Waals surface area contributed by atoms with Crippen LogP contribution in [0.5, 0.6) is 5.75 Å². The monoisotopic (exact) mass is 236 g/mol. The highest BCUT2D eigenvalue weighted by molar-refractivity contribution is 6.31. The number of anilines is 1. The molecular weight excluding hydrogens is 224 g/mol. The second-order valence-corrected chi connectivity index (χ2v) is 5.01. The van der Waals surface area contributed by atoms with Gasteiger partial charge >= 0.3 is 0 Å². The molecule has 1 aliphatic heterocycles. The second kappa shape index (κ2) is 3.57. The zero-order valence-electron chi connectivity index (χ0n) is 9.54. The minimum absolute atomic E-state index is 0.119. The van der Waals surface area contributed by atoms with Crippen LogP contribution in [0.25, 0.3) is 0 Å². The second-order valence-electron chi connectivity index (χ2n) is 4.57. The number of likely N-dealkylation sites (N-methyl/N-ethyl adjacent to an activating group) is 1. The van der Waals surface area contributed by atoms with Gasteiger partial charge in [0.2, 0.25) is 0 Å². The predicted molar refractivity (Wildman–Crippen MR) is 64.1 cm³/mol. The fourth-order valence-corrected chi connectivity index (χ4v) is 1.98. The average molecular weight is 237 g/mol. The summed E-state index contributed by atoms with van der Waals surface area (Å²) < 4.78 is 5.66. The number of fused-ring (bicyclic) bond motifs is 1. The number of ether oxygens (including phenoxy) is 1. The molecule has 1 aromatic rings. The van der Waals surface area contributed by atoms with E-state index >= 15 is 0 Å². The molecule has 0 unspecified atom stereocenters. The Bertz CT molecular complexity index is 477. The molecule has 0 N–H and O–H groups in total. The molecule has 3 nitrogen and oxygen atoms in total. The Balaban J connectivity index is 2.63. The summed E-state index contributed by atoms with van der Waals surface area (Å²) in [5.74, 6) is 0.686. The van der Waals surface area contributed by atoms with Gasteiger partial charge in [0.25, 0.3) is 0 Å². The molecule has 4 heteroatoms. The molecule has 2 rings (SSSR count). The molecule has 0 spiro atoms. The van der Waals surface area contributed by atoms with Gasteiger partial charge in [-0.2, -0.15) is 5.26 Å². The van der Waals surface area contributed by atoms with Gasteiger partial charge in [-0.25, -0.2) is 0 Å². The van der Waals surface area contributed by atoms with E-state index < -0.39 is 0 Å². The summed E-state index contributed by atoms with van der Waals surface area (Å²) in [5.41, 5.74) is 1.26. The lowest BCUT2D eigenvalue weighted by Gasteiger charge is -2.42. The number of hydrogen-bond acceptors (Lipinski definition) is 3. The van der Waals surface area contributed by atoms with Crippen LogP contribution >= 0.6 is 11.6 Å². The molecule has 84 valence electrons. The van der Waals surface area contributed by atoms with Gasteiger partial charge in [-0.3, -0.25) is 0 Å². The maximum atomic E-state index is 9.12. The Kier molecular flexibility index (Phi) is 2.47. The molecule has 0 amide bonds. The Labute approximate surface area is 100 Å². The van der Waals surface area contributed by atoms with Crippen molar-refractivity contribution >= 4 is 17.3 Å². The van der Waals surface area contributed by atoms with Crippen molar-refractivity contribution in [3.8, 4) is 11.8 Å². The van der Waals surface area contributed by atoms with Gasteiger partial charge in [0.05, 0.1) is 16.8 Å². The van der Waals surface area contributed by atoms with Gasteiger partial charge in [-0.05, 0) is 19.9 Å². The van der Waals surface area contributed by atoms with E-state index in [2.05, 4.69) is 24.8 Å². The van der Waals surface area contributed by atoms with Crippen LogP contribution in [0.15, 0.2) is 12.1 Å². The first-order valence-electron chi connectivity index (χ1n) is 5.06. The van der Waals surface area contributed by atoms with Crippen molar-refractivity contribution in [3.63, 3.8) is 0 Å². The summed E-state index contributed by atoms with van der Waals surface area (Å²) in [6, 6.07) is 5.58. The zero-order valence-corrected chi connectivity index (χ0v) is 10.3. The first-order chi connectivity index (χ1) is 7.45. The minimum Gasteiger partial charge on any atom is -0.489 e. The number of nitriles is 1. The summed E-state index contributed by atoms with van der Waals surface area (Å²) in [6.45, 7) is 4.74. The van der Waals surface area contributed by atoms with Crippen molar-refractivity contribution in [1.29, 1.82) is 5.26 Å². The van der Waals surface area contributed by atoms with Crippen LogP contribution in [0.2, 0.25) is 5.02 Å². The van der Waals surface area contributed by atoms with E-state index in [4.69, 9.17) is 21.6 Å². The maximum absolute atomic E-state index is 9.12. The van der Waals surface area contributed by atoms with E-state index in [0.717, 1.165) is 5.69 Å². The molecule has 0 atom stereocenters. The van der Waals surface area contributed by atoms with Crippen molar-refractivity contribution in [1.82, 2.24) is 0 Å². The summed E-state index contributed by atoms with van der Waals surface area (Å²) in [7, 11) is 1.97. The molecule has 1 aliphatic rings. The largest absolute Gasteiger partial charge is 0.489 e. The molecule has 1 aromatic carbocycles. The first kappa shape index (κ1) is 11.1. The molecule has 16 heavy (non-hydrogen) atoms. The van der Waals surface area contributed by atoms with Gasteiger partial charge in [0, 0.05) is 18.1 Å². The molecule has 1 heterocycles. The molecular formula is C12H13ClN2O. The molecule has 0 saturated heterocycles. The number of halogens is 1. The normalized spacial score (nSPS) is 17.3. The summed E-state index contributed by atoms with van der Waals surface area (Å²) in [6.07, 6.45) is 0. The summed E-state index contributed by atoms with van der Waals surface area (Å²) in [5, 5.41) is 9.65. The Morgan fingerprint density at radius 1 is 1.50 bits per heavy atom. The van der Waals surface area contributed by atoms with Crippen LogP contribution in [0.3, 0.4) is 0 Å². The zero-order chi connectivity index (χ0) is 11.9. The van der Waals surface area contributed by atoms with E-state index in [9.17, 15) is 0 Å². The highest BCUT2D eigenvalue weighted by Gasteiger charge is 2.33. The van der Waals surface area contributed by atoms with E-state index in [0.29, 0.717) is 22.9 Å². The summed E-state index contributed by atoms with van der Waals surface area (Å²) in [4.78, 5) is 2.07. The van der Waals surface area contributed by atoms with Crippen LogP contribution in [-0.4, -0.2) is 19.2 Å². The smallest absolute Gasteiger partial charge is 0.145 e. The van der Waals surface area contributed by atoms with Crippen molar-refractivity contribution in [3.05, 3.63) is 22.7 Å². The van der Waals surface area contributed by atoms with Gasteiger partial charge < -0.3 is 9.64 Å². The molecule has 0 aromatic heterocycles. The SMILES string of the molecule is CN1c2c(C#N)cc(Cl)cc2OCC1(C)C. The highest BCUT2D eigenvalue weighted by Crippen LogP contribution is 2.41. The van der Waals surface area contributed by atoms with Gasteiger partial charge in [-0.1, -0.05) is 11.6 Å². The lowest BCUT2D eigenvalue weighted by Crippen LogP contribution is -2.49. The first-order valence-corrected chi connectivity index (χ1v) is 5.44. The topological polar surface area (TPSA) is 36.3 Å². The van der Waals surface area contributed by atoms with Gasteiger partial charge in [-0.15, -0.1) is 0 Å². The van der Waals surface area contributed by atoms with E-state index in [1.165, 1.54) is 0 Å². The fraction of sp³-hybridized carbons (Fsp3) is 0.417. The number of hydrogen-bond donors (Lipinski definition) is 0. The van der Waals surface area contributed by atoms with Crippen LogP contribution in [0, 0.1) is 11.3 Å². The quantitative estimate of drug-likeness (QED) is 0.695. The minimum atomic E-state index is -0.119. The number of rotatable bonds is 0. The third kappa shape index (κ3) is 1.60. The molecule has 0 radical (unpaired) electrons. The fourth-order valence-electron chi connectivity index (χ4n) is 1.77. The Hall–Kier alpha value is -1.40. The number of nitrogens with zero attached hydrogens (tertiary/aromatic N) is 2. The lowest BCUT2D eigenvalue weighted by molar-refractivity contribution is 0.218. The third-order valence-electron chi connectivity index (χ3n) is 2.98. The third-order valence-corrected chi connectivity index (χ3v) is 3.20. The van der Waals surface area contributed by atoms with Gasteiger partial charge in [0.1, 0.15) is 18.4 Å². The van der Waals surface area contributed by atoms with Crippen LogP contribution in [-0.2, 0) is 0 Å². The Morgan fingerprint density at radius 2 is 2.19 bits per heavy atom. The molecule has 0 saturated carbocycles. The van der Waals surface area contributed by atoms with Crippen molar-refractivity contribution < 1.29 is 4.74 Å². The van der Waals surface area contributed by atoms with Crippen LogP contribution in [0.4, 0.5) is 5.69 Å². The van der Waals surface area contributed by atoms with E-state index in [1.807, 2.05) is 7.05 Å². The van der Waals surface area contributed by atoms with Crippen LogP contribution < -0.4 is 9.64 Å². The van der Waals surface area contributed by atoms with E-state index in [-0.39, 0.29) is 5.54 Å². The van der Waals surface area contributed by atoms with Crippen molar-refractivity contribution in [2.75, 3.05) is 18.6 Å². The highest BCUT2D eigenvalue weighted by atomic mass is 35.5. The Morgan fingerprint density at radius 3 is 2.81 bits per heavy atom. The predicted octanol–water partition coefficient (Wildman–Crippen LogP) is 2.82. The van der Waals surface area contributed by atoms with Crippen LogP contribution in [0.1, 0.15) is 19.4 Å². The van der Waals surface area contributed by atoms with Gasteiger partial charge in [0.15, 0.2) is 0 Å². The number of benzene rings is 1. The standard InChI is InChI=1S/C12H13ClN2O/c1-12(2)7-16-10-5-9(13)4-8(6-14)11(10)15(12)3/h4-5H,7H2,1-3H3. The van der Waals surface area contributed by atoms with Crippen molar-refractivity contribution in [2.45, 2.75) is 19.4 Å². The van der Waals surface area contributed by atoms with E-state index in [1.54, 1.807) is 12.1 Å². The van der Waals surface area contributed by atoms with Crippen molar-refractivity contribution in [2.24, 2.45) is 0 Å².